The number of nitrogens with two attached hydrogens (primary N) is 1. The van der Waals surface area contributed by atoms with Gasteiger partial charge in [0.2, 0.25) is 0 Å². The highest BCUT2D eigenvalue weighted by atomic mass is 127. The Balaban J connectivity index is 3.09. The number of hydrogen-bond acceptors (Lipinski definition) is 1. The first-order valence-corrected chi connectivity index (χ1v) is 6.06. The summed E-state index contributed by atoms with van der Waals surface area (Å²) in [7, 11) is 0. The number of benzene rings is 1. The Labute approximate surface area is 109 Å². The minimum absolute atomic E-state index is 0.108. The Hall–Kier alpha value is -0.290. The Morgan fingerprint density at radius 2 is 2.00 bits per heavy atom. The molecular formula is C11H14ClIN2. The summed E-state index contributed by atoms with van der Waals surface area (Å²) in [6.45, 7) is 6.11. The van der Waals surface area contributed by atoms with Crippen molar-refractivity contribution in [2.45, 2.75) is 20.8 Å². The molecule has 1 rings (SSSR count). The molecule has 1 aromatic carbocycles. The Bertz CT molecular complexity index is 394. The molecule has 1 aromatic rings. The van der Waals surface area contributed by atoms with Crippen LogP contribution in [-0.4, -0.2) is 5.84 Å². The van der Waals surface area contributed by atoms with E-state index in [4.69, 9.17) is 17.3 Å². The standard InChI is InChI=1S/C11H14ClIN2/c1-11(2,3)10(14)15-9-5-4-7(12)6-8(9)13/h4-6H,1-3H3,(H2,14,15). The van der Waals surface area contributed by atoms with Gasteiger partial charge in [0, 0.05) is 14.0 Å². The summed E-state index contributed by atoms with van der Waals surface area (Å²) in [5.74, 6) is 0.628. The van der Waals surface area contributed by atoms with Crippen molar-refractivity contribution in [3.8, 4) is 0 Å². The van der Waals surface area contributed by atoms with Crippen LogP contribution in [0.3, 0.4) is 0 Å². The van der Waals surface area contributed by atoms with Gasteiger partial charge in [-0.2, -0.15) is 0 Å². The zero-order valence-corrected chi connectivity index (χ0v) is 11.9. The van der Waals surface area contributed by atoms with E-state index in [9.17, 15) is 0 Å². The predicted octanol–water partition coefficient (Wildman–Crippen LogP) is 3.98. The monoisotopic (exact) mass is 336 g/mol. The fourth-order valence-electron chi connectivity index (χ4n) is 0.869. The third kappa shape index (κ3) is 3.65. The molecule has 0 amide bonds. The summed E-state index contributed by atoms with van der Waals surface area (Å²) in [5.41, 5.74) is 6.66. The molecule has 0 radical (unpaired) electrons. The predicted molar refractivity (Wildman–Crippen MR) is 74.9 cm³/mol. The molecule has 0 heterocycles. The molecule has 0 fully saturated rings. The van der Waals surface area contributed by atoms with Crippen LogP contribution in [-0.2, 0) is 0 Å². The Morgan fingerprint density at radius 1 is 1.40 bits per heavy atom. The fourth-order valence-corrected chi connectivity index (χ4v) is 1.86. The van der Waals surface area contributed by atoms with Crippen molar-refractivity contribution in [1.82, 2.24) is 0 Å². The molecule has 2 N–H and O–H groups in total. The van der Waals surface area contributed by atoms with E-state index in [1.165, 1.54) is 0 Å². The second-order valence-electron chi connectivity index (χ2n) is 4.34. The van der Waals surface area contributed by atoms with Crippen LogP contribution in [0, 0.1) is 8.99 Å². The van der Waals surface area contributed by atoms with Gasteiger partial charge in [0.05, 0.1) is 5.69 Å². The molecule has 0 unspecified atom stereocenters. The van der Waals surface area contributed by atoms with Crippen molar-refractivity contribution in [3.63, 3.8) is 0 Å². The molecule has 0 aliphatic heterocycles. The molecule has 0 atom stereocenters. The fraction of sp³-hybridized carbons (Fsp3) is 0.364. The molecule has 0 bridgehead atoms. The van der Waals surface area contributed by atoms with Crippen LogP contribution in [0.4, 0.5) is 5.69 Å². The van der Waals surface area contributed by atoms with E-state index in [0.717, 1.165) is 9.26 Å². The smallest absolute Gasteiger partial charge is 0.105 e. The number of aliphatic imine (C=N–C) groups is 1. The van der Waals surface area contributed by atoms with E-state index in [2.05, 4.69) is 27.6 Å². The molecule has 4 heteroatoms. The van der Waals surface area contributed by atoms with Crippen molar-refractivity contribution in [3.05, 3.63) is 26.8 Å². The number of hydrogen-bond donors (Lipinski definition) is 1. The van der Waals surface area contributed by atoms with E-state index >= 15 is 0 Å². The summed E-state index contributed by atoms with van der Waals surface area (Å²) >= 11 is 8.06. The van der Waals surface area contributed by atoms with E-state index in [1.807, 2.05) is 39.0 Å². The largest absolute Gasteiger partial charge is 0.387 e. The lowest BCUT2D eigenvalue weighted by Crippen LogP contribution is -2.28. The molecule has 15 heavy (non-hydrogen) atoms. The highest BCUT2D eigenvalue weighted by Gasteiger charge is 2.15. The van der Waals surface area contributed by atoms with Gasteiger partial charge >= 0.3 is 0 Å². The van der Waals surface area contributed by atoms with Crippen LogP contribution in [0.1, 0.15) is 20.8 Å². The maximum absolute atomic E-state index is 5.90. The zero-order valence-electron chi connectivity index (χ0n) is 9.01. The van der Waals surface area contributed by atoms with Crippen molar-refractivity contribution in [2.24, 2.45) is 16.1 Å². The minimum atomic E-state index is -0.108. The molecule has 0 aromatic heterocycles. The Kier molecular flexibility index (Phi) is 4.00. The first-order chi connectivity index (χ1) is 6.80. The molecule has 0 saturated carbocycles. The first kappa shape index (κ1) is 12.8. The second-order valence-corrected chi connectivity index (χ2v) is 5.94. The molecule has 0 aliphatic rings. The third-order valence-corrected chi connectivity index (χ3v) is 3.02. The van der Waals surface area contributed by atoms with Gasteiger partial charge in [-0.25, -0.2) is 4.99 Å². The lowest BCUT2D eigenvalue weighted by molar-refractivity contribution is 0.585. The zero-order chi connectivity index (χ0) is 11.6. The quantitative estimate of drug-likeness (QED) is 0.470. The van der Waals surface area contributed by atoms with Gasteiger partial charge in [-0.15, -0.1) is 0 Å². The van der Waals surface area contributed by atoms with E-state index in [1.54, 1.807) is 0 Å². The average molecular weight is 337 g/mol. The summed E-state index contributed by atoms with van der Waals surface area (Å²) in [4.78, 5) is 4.40. The van der Waals surface area contributed by atoms with Crippen LogP contribution in [0.25, 0.3) is 0 Å². The number of amidine groups is 1. The summed E-state index contributed by atoms with van der Waals surface area (Å²) in [5, 5.41) is 0.715. The van der Waals surface area contributed by atoms with Crippen LogP contribution >= 0.6 is 34.2 Å². The topological polar surface area (TPSA) is 38.4 Å². The van der Waals surface area contributed by atoms with Crippen molar-refractivity contribution < 1.29 is 0 Å². The average Bonchev–Trinajstić information content (AvgIpc) is 2.08. The van der Waals surface area contributed by atoms with Crippen LogP contribution in [0.5, 0.6) is 0 Å². The van der Waals surface area contributed by atoms with Gasteiger partial charge in [-0.05, 0) is 40.8 Å². The normalized spacial score (nSPS) is 13.0. The highest BCUT2D eigenvalue weighted by Crippen LogP contribution is 2.26. The molecular weight excluding hydrogens is 322 g/mol. The summed E-state index contributed by atoms with van der Waals surface area (Å²) in [6, 6.07) is 5.57. The molecule has 0 aliphatic carbocycles. The molecule has 0 saturated heterocycles. The second kappa shape index (κ2) is 4.70. The lowest BCUT2D eigenvalue weighted by atomic mass is 9.95. The lowest BCUT2D eigenvalue weighted by Gasteiger charge is -2.17. The van der Waals surface area contributed by atoms with Crippen molar-refractivity contribution in [2.75, 3.05) is 0 Å². The van der Waals surface area contributed by atoms with E-state index < -0.39 is 0 Å². The molecule has 0 spiro atoms. The first-order valence-electron chi connectivity index (χ1n) is 4.60. The number of halogens is 2. The van der Waals surface area contributed by atoms with Gasteiger partial charge in [0.1, 0.15) is 5.84 Å². The van der Waals surface area contributed by atoms with Crippen molar-refractivity contribution in [1.29, 1.82) is 0 Å². The maximum Gasteiger partial charge on any atom is 0.105 e. The molecule has 82 valence electrons. The van der Waals surface area contributed by atoms with Crippen LogP contribution in [0.2, 0.25) is 5.02 Å². The van der Waals surface area contributed by atoms with Gasteiger partial charge in [-0.1, -0.05) is 32.4 Å². The molecule has 2 nitrogen and oxygen atoms in total. The van der Waals surface area contributed by atoms with Gasteiger partial charge in [0.15, 0.2) is 0 Å². The SMILES string of the molecule is CC(C)(C)C(N)=Nc1ccc(Cl)cc1I. The minimum Gasteiger partial charge on any atom is -0.387 e. The van der Waals surface area contributed by atoms with Gasteiger partial charge in [-0.3, -0.25) is 0 Å². The summed E-state index contributed by atoms with van der Waals surface area (Å²) < 4.78 is 1.01. The number of rotatable bonds is 1. The van der Waals surface area contributed by atoms with Gasteiger partial charge in [0.25, 0.3) is 0 Å². The number of nitrogens with zero attached hydrogens (tertiary/aromatic N) is 1. The highest BCUT2D eigenvalue weighted by molar-refractivity contribution is 14.1. The van der Waals surface area contributed by atoms with E-state index in [-0.39, 0.29) is 5.41 Å². The van der Waals surface area contributed by atoms with Crippen molar-refractivity contribution >= 4 is 45.7 Å². The summed E-state index contributed by atoms with van der Waals surface area (Å²) in [6.07, 6.45) is 0. The van der Waals surface area contributed by atoms with Gasteiger partial charge < -0.3 is 5.73 Å². The Morgan fingerprint density at radius 3 is 2.47 bits per heavy atom. The maximum atomic E-state index is 5.90. The van der Waals surface area contributed by atoms with E-state index in [0.29, 0.717) is 10.9 Å². The van der Waals surface area contributed by atoms with Crippen LogP contribution in [0.15, 0.2) is 23.2 Å². The van der Waals surface area contributed by atoms with Crippen LogP contribution < -0.4 is 5.73 Å². The third-order valence-electron chi connectivity index (χ3n) is 1.92.